The Balaban J connectivity index is 2.00. The summed E-state index contributed by atoms with van der Waals surface area (Å²) in [7, 11) is 2.68. The van der Waals surface area contributed by atoms with Crippen LogP contribution in [0.3, 0.4) is 0 Å². The maximum absolute atomic E-state index is 12.3. The molecule has 1 fully saturated rings. The Morgan fingerprint density at radius 1 is 1.04 bits per heavy atom. The number of carbonyl (C=O) groups excluding carboxylic acids is 2. The zero-order valence-corrected chi connectivity index (χ0v) is 13.8. The smallest absolute Gasteiger partial charge is 0.320 e. The van der Waals surface area contributed by atoms with Gasteiger partial charge in [0.2, 0.25) is 0 Å². The molecule has 0 unspecified atom stereocenters. The molecule has 0 spiro atoms. The van der Waals surface area contributed by atoms with Crippen molar-refractivity contribution in [3.63, 3.8) is 0 Å². The average Bonchev–Trinajstić information content (AvgIpc) is 2.61. The Morgan fingerprint density at radius 2 is 1.70 bits per heavy atom. The van der Waals surface area contributed by atoms with Gasteiger partial charge in [0.05, 0.1) is 14.2 Å². The predicted octanol–water partition coefficient (Wildman–Crippen LogP) is 3.09. The molecular formula is C19H24O4. The number of benzene rings is 1. The van der Waals surface area contributed by atoms with Crippen LogP contribution in [0, 0.1) is 17.8 Å². The molecular weight excluding hydrogens is 292 g/mol. The van der Waals surface area contributed by atoms with Gasteiger partial charge in [-0.15, -0.1) is 0 Å². The van der Waals surface area contributed by atoms with Gasteiger partial charge < -0.3 is 9.47 Å². The van der Waals surface area contributed by atoms with E-state index in [4.69, 9.17) is 9.47 Å². The van der Waals surface area contributed by atoms with Crippen molar-refractivity contribution in [3.05, 3.63) is 35.4 Å². The van der Waals surface area contributed by atoms with Crippen LogP contribution >= 0.6 is 0 Å². The minimum atomic E-state index is -0.816. The quantitative estimate of drug-likeness (QED) is 0.635. The van der Waals surface area contributed by atoms with Crippen molar-refractivity contribution < 1.29 is 19.1 Å². The fourth-order valence-corrected chi connectivity index (χ4v) is 4.61. The van der Waals surface area contributed by atoms with Crippen LogP contribution in [0.4, 0.5) is 0 Å². The molecule has 0 amide bonds. The number of hydrogen-bond donors (Lipinski definition) is 0. The highest BCUT2D eigenvalue weighted by Gasteiger charge is 2.47. The standard InChI is InChI=1S/C19H24O4/c1-22-18(20)17(19(21)23-2)16-11-12-7-3-4-8-13(12)14-9-5-6-10-15(14)16/h3-4,7-8,14-17H,5-6,9-11H2,1-2H3/t14-,15-,16-/m1/s1. The molecule has 2 aliphatic rings. The normalized spacial score (nSPS) is 26.1. The molecule has 0 aromatic heterocycles. The highest BCUT2D eigenvalue weighted by atomic mass is 16.5. The maximum atomic E-state index is 12.3. The minimum Gasteiger partial charge on any atom is -0.468 e. The second kappa shape index (κ2) is 6.73. The van der Waals surface area contributed by atoms with Gasteiger partial charge in [0.15, 0.2) is 5.92 Å². The Bertz CT molecular complexity index is 579. The van der Waals surface area contributed by atoms with E-state index in [0.29, 0.717) is 11.8 Å². The number of esters is 2. The lowest BCUT2D eigenvalue weighted by Crippen LogP contribution is -2.43. The lowest BCUT2D eigenvalue weighted by atomic mass is 9.60. The van der Waals surface area contributed by atoms with Crippen molar-refractivity contribution in [2.45, 2.75) is 38.0 Å². The largest absolute Gasteiger partial charge is 0.468 e. The van der Waals surface area contributed by atoms with Crippen LogP contribution in [0.1, 0.15) is 42.7 Å². The van der Waals surface area contributed by atoms with E-state index in [2.05, 4.69) is 18.2 Å². The molecule has 1 aromatic rings. The summed E-state index contributed by atoms with van der Waals surface area (Å²) in [6.45, 7) is 0. The Labute approximate surface area is 137 Å². The molecule has 23 heavy (non-hydrogen) atoms. The summed E-state index contributed by atoms with van der Waals surface area (Å²) in [5.74, 6) is -0.993. The van der Waals surface area contributed by atoms with E-state index < -0.39 is 17.9 Å². The number of methoxy groups -OCH3 is 2. The molecule has 0 radical (unpaired) electrons. The number of fused-ring (bicyclic) bond motifs is 3. The van der Waals surface area contributed by atoms with Crippen molar-refractivity contribution >= 4 is 11.9 Å². The first-order valence-corrected chi connectivity index (χ1v) is 8.40. The average molecular weight is 316 g/mol. The van der Waals surface area contributed by atoms with E-state index in [0.717, 1.165) is 25.7 Å². The molecule has 1 aromatic carbocycles. The first-order valence-electron chi connectivity index (χ1n) is 8.40. The van der Waals surface area contributed by atoms with E-state index in [1.807, 2.05) is 6.07 Å². The third-order valence-corrected chi connectivity index (χ3v) is 5.62. The fourth-order valence-electron chi connectivity index (χ4n) is 4.61. The van der Waals surface area contributed by atoms with Crippen molar-refractivity contribution in [1.29, 1.82) is 0 Å². The van der Waals surface area contributed by atoms with Crippen LogP contribution in [0.25, 0.3) is 0 Å². The molecule has 3 atom stereocenters. The van der Waals surface area contributed by atoms with Crippen molar-refractivity contribution in [3.8, 4) is 0 Å². The summed E-state index contributed by atoms with van der Waals surface area (Å²) in [4.78, 5) is 24.6. The molecule has 0 N–H and O–H groups in total. The summed E-state index contributed by atoms with van der Waals surface area (Å²) in [5, 5.41) is 0. The molecule has 0 aliphatic heterocycles. The van der Waals surface area contributed by atoms with Gasteiger partial charge in [0.25, 0.3) is 0 Å². The first-order chi connectivity index (χ1) is 11.2. The zero-order valence-electron chi connectivity index (χ0n) is 13.8. The van der Waals surface area contributed by atoms with Gasteiger partial charge in [-0.25, -0.2) is 0 Å². The van der Waals surface area contributed by atoms with Gasteiger partial charge in [-0.3, -0.25) is 9.59 Å². The van der Waals surface area contributed by atoms with E-state index >= 15 is 0 Å². The van der Waals surface area contributed by atoms with Gasteiger partial charge in [-0.05, 0) is 48.1 Å². The van der Waals surface area contributed by atoms with E-state index in [9.17, 15) is 9.59 Å². The summed E-state index contributed by atoms with van der Waals surface area (Å²) in [6, 6.07) is 8.45. The van der Waals surface area contributed by atoms with Crippen LogP contribution in [0.15, 0.2) is 24.3 Å². The Hall–Kier alpha value is -1.84. The third-order valence-electron chi connectivity index (χ3n) is 5.62. The van der Waals surface area contributed by atoms with E-state index in [-0.39, 0.29) is 5.92 Å². The summed E-state index contributed by atoms with van der Waals surface area (Å²) >= 11 is 0. The van der Waals surface area contributed by atoms with Crippen molar-refractivity contribution in [2.24, 2.45) is 17.8 Å². The third kappa shape index (κ3) is 2.87. The zero-order chi connectivity index (χ0) is 16.4. The van der Waals surface area contributed by atoms with Crippen molar-refractivity contribution in [2.75, 3.05) is 14.2 Å². The molecule has 2 aliphatic carbocycles. The summed E-state index contributed by atoms with van der Waals surface area (Å²) in [6.07, 6.45) is 5.31. The Kier molecular flexibility index (Phi) is 4.69. The molecule has 124 valence electrons. The highest BCUT2D eigenvalue weighted by molar-refractivity contribution is 5.95. The highest BCUT2D eigenvalue weighted by Crippen LogP contribution is 2.50. The molecule has 1 saturated carbocycles. The van der Waals surface area contributed by atoms with E-state index in [1.165, 1.54) is 31.8 Å². The van der Waals surface area contributed by atoms with Gasteiger partial charge in [0, 0.05) is 0 Å². The van der Waals surface area contributed by atoms with Gasteiger partial charge in [-0.2, -0.15) is 0 Å². The van der Waals surface area contributed by atoms with Gasteiger partial charge in [-0.1, -0.05) is 37.1 Å². The lowest BCUT2D eigenvalue weighted by molar-refractivity contribution is -0.163. The van der Waals surface area contributed by atoms with Crippen LogP contribution < -0.4 is 0 Å². The Morgan fingerprint density at radius 3 is 2.39 bits per heavy atom. The summed E-state index contributed by atoms with van der Waals surface area (Å²) < 4.78 is 9.83. The SMILES string of the molecule is COC(=O)C(C(=O)OC)[C@@H]1Cc2ccccc2[C@H]2CCCC[C@H]21. The topological polar surface area (TPSA) is 52.6 Å². The number of ether oxygens (including phenoxy) is 2. The van der Waals surface area contributed by atoms with E-state index in [1.54, 1.807) is 0 Å². The second-order valence-electron chi connectivity index (χ2n) is 6.65. The predicted molar refractivity (Wildman–Crippen MR) is 85.9 cm³/mol. The van der Waals surface area contributed by atoms with Crippen LogP contribution in [0.5, 0.6) is 0 Å². The van der Waals surface area contributed by atoms with Gasteiger partial charge >= 0.3 is 11.9 Å². The fraction of sp³-hybridized carbons (Fsp3) is 0.579. The molecule has 0 bridgehead atoms. The minimum absolute atomic E-state index is 0.0323. The molecule has 4 nitrogen and oxygen atoms in total. The molecule has 0 saturated heterocycles. The van der Waals surface area contributed by atoms with Gasteiger partial charge in [0.1, 0.15) is 0 Å². The lowest BCUT2D eigenvalue weighted by Gasteiger charge is -2.44. The van der Waals surface area contributed by atoms with Crippen LogP contribution in [-0.2, 0) is 25.5 Å². The second-order valence-corrected chi connectivity index (χ2v) is 6.65. The van der Waals surface area contributed by atoms with Crippen LogP contribution in [-0.4, -0.2) is 26.2 Å². The number of hydrogen-bond acceptors (Lipinski definition) is 4. The monoisotopic (exact) mass is 316 g/mol. The molecule has 0 heterocycles. The summed E-state index contributed by atoms with van der Waals surface area (Å²) in [5.41, 5.74) is 2.67. The maximum Gasteiger partial charge on any atom is 0.320 e. The number of carbonyl (C=O) groups is 2. The first kappa shape index (κ1) is 16.0. The molecule has 4 heteroatoms. The van der Waals surface area contributed by atoms with Crippen LogP contribution in [0.2, 0.25) is 0 Å². The van der Waals surface area contributed by atoms with Crippen molar-refractivity contribution in [1.82, 2.24) is 0 Å². The molecule has 3 rings (SSSR count). The number of rotatable bonds is 3.